The predicted octanol–water partition coefficient (Wildman–Crippen LogP) is 2.31. The largest absolute Gasteiger partial charge is 0.492 e. The maximum absolute atomic E-state index is 5.78. The summed E-state index contributed by atoms with van der Waals surface area (Å²) in [7, 11) is 1.94. The summed E-state index contributed by atoms with van der Waals surface area (Å²) in [6, 6.07) is 8.10. The Morgan fingerprint density at radius 2 is 2.16 bits per heavy atom. The van der Waals surface area contributed by atoms with Crippen LogP contribution in [0.15, 0.2) is 34.9 Å². The van der Waals surface area contributed by atoms with Crippen LogP contribution in [0.1, 0.15) is 11.3 Å². The number of aromatic nitrogens is 2. The molecule has 0 radical (unpaired) electrons. The second-order valence-electron chi connectivity index (χ2n) is 4.35. The average molecular weight is 324 g/mol. The Bertz CT molecular complexity index is 539. The summed E-state index contributed by atoms with van der Waals surface area (Å²) in [5.41, 5.74) is 7.92. The lowest BCUT2D eigenvalue weighted by Crippen LogP contribution is -2.06. The number of benzene rings is 1. The second kappa shape index (κ2) is 6.73. The van der Waals surface area contributed by atoms with Crippen LogP contribution in [-0.2, 0) is 19.9 Å². The highest BCUT2D eigenvalue weighted by atomic mass is 79.9. The number of nitrogens with two attached hydrogens (primary N) is 1. The van der Waals surface area contributed by atoms with Crippen molar-refractivity contribution in [2.24, 2.45) is 12.8 Å². The predicted molar refractivity (Wildman–Crippen MR) is 79.3 cm³/mol. The van der Waals surface area contributed by atoms with E-state index in [-0.39, 0.29) is 0 Å². The van der Waals surface area contributed by atoms with Gasteiger partial charge in [-0.15, -0.1) is 0 Å². The van der Waals surface area contributed by atoms with Crippen molar-refractivity contribution in [1.29, 1.82) is 0 Å². The van der Waals surface area contributed by atoms with Crippen LogP contribution in [0.4, 0.5) is 0 Å². The molecule has 0 unspecified atom stereocenters. The van der Waals surface area contributed by atoms with E-state index in [0.29, 0.717) is 13.2 Å². The molecule has 2 rings (SSSR count). The van der Waals surface area contributed by atoms with Gasteiger partial charge in [-0.05, 0) is 52.7 Å². The van der Waals surface area contributed by atoms with Crippen molar-refractivity contribution in [3.8, 4) is 5.75 Å². The summed E-state index contributed by atoms with van der Waals surface area (Å²) in [6.45, 7) is 1.29. The Labute approximate surface area is 121 Å². The molecule has 0 atom stereocenters. The van der Waals surface area contributed by atoms with Gasteiger partial charge in [-0.3, -0.25) is 4.68 Å². The van der Waals surface area contributed by atoms with Crippen molar-refractivity contribution in [3.05, 3.63) is 46.2 Å². The molecule has 5 heteroatoms. The minimum absolute atomic E-state index is 0.633. The van der Waals surface area contributed by atoms with E-state index >= 15 is 0 Å². The Balaban J connectivity index is 1.91. The van der Waals surface area contributed by atoms with Crippen LogP contribution in [0.5, 0.6) is 5.75 Å². The lowest BCUT2D eigenvalue weighted by atomic mass is 10.1. The van der Waals surface area contributed by atoms with Crippen molar-refractivity contribution in [2.75, 3.05) is 13.2 Å². The molecule has 0 saturated heterocycles. The summed E-state index contributed by atoms with van der Waals surface area (Å²) in [5.74, 6) is 0.864. The van der Waals surface area contributed by atoms with Crippen LogP contribution in [0.2, 0.25) is 0 Å². The fraction of sp³-hybridized carbons (Fsp3) is 0.357. The van der Waals surface area contributed by atoms with E-state index < -0.39 is 0 Å². The van der Waals surface area contributed by atoms with Gasteiger partial charge in [0.25, 0.3) is 0 Å². The molecule has 0 saturated carbocycles. The molecule has 0 amide bonds. The molecule has 2 aromatic rings. The summed E-state index contributed by atoms with van der Waals surface area (Å²) >= 11 is 3.53. The van der Waals surface area contributed by atoms with Crippen LogP contribution in [-0.4, -0.2) is 22.9 Å². The molecule has 0 aliphatic carbocycles. The maximum Gasteiger partial charge on any atom is 0.133 e. The third-order valence-corrected chi connectivity index (χ3v) is 3.59. The first-order valence-electron chi connectivity index (χ1n) is 6.29. The molecule has 1 heterocycles. The molecule has 0 aliphatic heterocycles. The quantitative estimate of drug-likeness (QED) is 0.887. The third-order valence-electron chi connectivity index (χ3n) is 2.97. The zero-order chi connectivity index (χ0) is 13.7. The van der Waals surface area contributed by atoms with E-state index in [0.717, 1.165) is 28.8 Å². The summed E-state index contributed by atoms with van der Waals surface area (Å²) in [5, 5.41) is 4.13. The molecule has 0 bridgehead atoms. The fourth-order valence-electron chi connectivity index (χ4n) is 1.90. The Morgan fingerprint density at radius 3 is 2.79 bits per heavy atom. The number of rotatable bonds is 6. The second-order valence-corrected chi connectivity index (χ2v) is 5.20. The molecular weight excluding hydrogens is 306 g/mol. The highest BCUT2D eigenvalue weighted by Crippen LogP contribution is 2.26. The van der Waals surface area contributed by atoms with Crippen LogP contribution in [0, 0.1) is 0 Å². The van der Waals surface area contributed by atoms with E-state index in [4.69, 9.17) is 10.5 Å². The highest BCUT2D eigenvalue weighted by Gasteiger charge is 2.04. The normalized spacial score (nSPS) is 10.7. The molecule has 19 heavy (non-hydrogen) atoms. The molecule has 102 valence electrons. The standard InChI is InChI=1S/C14H18BrN3O/c1-18-12(5-8-17-18)6-9-19-14-3-2-11(4-7-16)10-13(14)15/h2-3,5,8,10H,4,6-7,9,16H2,1H3. The zero-order valence-corrected chi connectivity index (χ0v) is 12.6. The van der Waals surface area contributed by atoms with E-state index in [1.165, 1.54) is 5.56 Å². The zero-order valence-electron chi connectivity index (χ0n) is 11.0. The number of hydrogen-bond acceptors (Lipinski definition) is 3. The van der Waals surface area contributed by atoms with Crippen molar-refractivity contribution in [2.45, 2.75) is 12.8 Å². The number of halogens is 1. The Kier molecular flexibility index (Phi) is 4.99. The number of hydrogen-bond donors (Lipinski definition) is 1. The van der Waals surface area contributed by atoms with Crippen molar-refractivity contribution < 1.29 is 4.74 Å². The number of nitrogens with zero attached hydrogens (tertiary/aromatic N) is 2. The summed E-state index contributed by atoms with van der Waals surface area (Å²) < 4.78 is 8.62. The minimum Gasteiger partial charge on any atom is -0.492 e. The fourth-order valence-corrected chi connectivity index (χ4v) is 2.44. The van der Waals surface area contributed by atoms with Gasteiger partial charge in [0, 0.05) is 25.4 Å². The van der Waals surface area contributed by atoms with Crippen molar-refractivity contribution in [3.63, 3.8) is 0 Å². The molecule has 4 nitrogen and oxygen atoms in total. The summed E-state index contributed by atoms with van der Waals surface area (Å²) in [6.07, 6.45) is 3.52. The molecule has 2 N–H and O–H groups in total. The Morgan fingerprint density at radius 1 is 1.32 bits per heavy atom. The SMILES string of the molecule is Cn1nccc1CCOc1ccc(CCN)cc1Br. The van der Waals surface area contributed by atoms with Gasteiger partial charge >= 0.3 is 0 Å². The molecule has 0 aliphatic rings. The molecule has 1 aromatic carbocycles. The van der Waals surface area contributed by atoms with Crippen LogP contribution < -0.4 is 10.5 Å². The van der Waals surface area contributed by atoms with E-state index in [2.05, 4.69) is 33.2 Å². The summed E-state index contributed by atoms with van der Waals surface area (Å²) in [4.78, 5) is 0. The van der Waals surface area contributed by atoms with Gasteiger partial charge in [0.15, 0.2) is 0 Å². The topological polar surface area (TPSA) is 53.1 Å². The van der Waals surface area contributed by atoms with E-state index in [1.54, 1.807) is 6.20 Å². The van der Waals surface area contributed by atoms with Crippen molar-refractivity contribution >= 4 is 15.9 Å². The smallest absolute Gasteiger partial charge is 0.133 e. The third kappa shape index (κ3) is 3.81. The first-order chi connectivity index (χ1) is 9.20. The molecule has 0 fully saturated rings. The molecule has 0 spiro atoms. The lowest BCUT2D eigenvalue weighted by Gasteiger charge is -2.09. The van der Waals surface area contributed by atoms with E-state index in [1.807, 2.05) is 23.9 Å². The van der Waals surface area contributed by atoms with Gasteiger partial charge in [0.1, 0.15) is 5.75 Å². The number of ether oxygens (including phenoxy) is 1. The average Bonchev–Trinajstić information content (AvgIpc) is 2.78. The highest BCUT2D eigenvalue weighted by molar-refractivity contribution is 9.10. The van der Waals surface area contributed by atoms with Crippen LogP contribution in [0.3, 0.4) is 0 Å². The van der Waals surface area contributed by atoms with Gasteiger partial charge in [-0.2, -0.15) is 5.10 Å². The van der Waals surface area contributed by atoms with Crippen LogP contribution >= 0.6 is 15.9 Å². The first kappa shape index (κ1) is 14.1. The van der Waals surface area contributed by atoms with Gasteiger partial charge in [0.05, 0.1) is 11.1 Å². The lowest BCUT2D eigenvalue weighted by molar-refractivity contribution is 0.316. The Hall–Kier alpha value is -1.33. The van der Waals surface area contributed by atoms with Crippen LogP contribution in [0.25, 0.3) is 0 Å². The van der Waals surface area contributed by atoms with Gasteiger partial charge in [-0.25, -0.2) is 0 Å². The van der Waals surface area contributed by atoms with Crippen molar-refractivity contribution in [1.82, 2.24) is 9.78 Å². The van der Waals surface area contributed by atoms with Gasteiger partial charge in [-0.1, -0.05) is 6.07 Å². The molecular formula is C14H18BrN3O. The monoisotopic (exact) mass is 323 g/mol. The maximum atomic E-state index is 5.78. The van der Waals surface area contributed by atoms with E-state index in [9.17, 15) is 0 Å². The molecule has 1 aromatic heterocycles. The first-order valence-corrected chi connectivity index (χ1v) is 7.08. The van der Waals surface area contributed by atoms with Gasteiger partial charge in [0.2, 0.25) is 0 Å². The number of aryl methyl sites for hydroxylation is 1. The minimum atomic E-state index is 0.633. The van der Waals surface area contributed by atoms with Gasteiger partial charge < -0.3 is 10.5 Å².